The van der Waals surface area contributed by atoms with Gasteiger partial charge in [0.1, 0.15) is 12.1 Å². The normalized spacial score (nSPS) is 17.1. The van der Waals surface area contributed by atoms with Crippen molar-refractivity contribution in [2.45, 2.75) is 72.5 Å². The first-order chi connectivity index (χ1) is 50.0. The van der Waals surface area contributed by atoms with Gasteiger partial charge in [0.2, 0.25) is 37.8 Å². The number of hydrogen-bond acceptors (Lipinski definition) is 15. The molecule has 2 atom stereocenters. The molecule has 4 saturated heterocycles. The number of nitrogens with one attached hydrogen (secondary N) is 1. The van der Waals surface area contributed by atoms with Crippen molar-refractivity contribution in [2.75, 3.05) is 120 Å². The van der Waals surface area contributed by atoms with E-state index in [1.807, 2.05) is 109 Å². The number of piperazine rings is 4. The zero-order valence-corrected chi connectivity index (χ0v) is 60.7. The highest BCUT2D eigenvalue weighted by molar-refractivity contribution is 7.89. The van der Waals surface area contributed by atoms with Crippen LogP contribution in [-0.2, 0) is 52.1 Å². The molecule has 0 aliphatic carbocycles. The fourth-order valence-electron chi connectivity index (χ4n) is 13.8. The summed E-state index contributed by atoms with van der Waals surface area (Å²) in [4.78, 5) is 62.0. The molecule has 0 radical (unpaired) electrons. The Morgan fingerprint density at radius 2 is 0.767 bits per heavy atom. The van der Waals surface area contributed by atoms with E-state index < -0.39 is 38.1 Å². The Labute approximate surface area is 606 Å². The third-order valence-electron chi connectivity index (χ3n) is 19.2. The molecule has 3 amide bonds. The predicted molar refractivity (Wildman–Crippen MR) is 396 cm³/mol. The lowest BCUT2D eigenvalue weighted by Gasteiger charge is -2.44. The van der Waals surface area contributed by atoms with Gasteiger partial charge in [0.25, 0.3) is 0 Å². The highest BCUT2D eigenvalue weighted by Gasteiger charge is 2.45. The first-order valence-electron chi connectivity index (χ1n) is 35.0. The molecule has 2 N–H and O–H groups in total. The van der Waals surface area contributed by atoms with Crippen molar-refractivity contribution in [3.8, 4) is 23.0 Å². The lowest BCUT2D eigenvalue weighted by atomic mass is 9.96. The third-order valence-corrected chi connectivity index (χ3v) is 23.0. The van der Waals surface area contributed by atoms with E-state index in [9.17, 15) is 36.0 Å². The Kier molecular flexibility index (Phi) is 27.5. The number of carboxylic acid groups (broad SMARTS) is 1. The minimum Gasteiger partial charge on any atom is -0.493 e. The first-order valence-corrected chi connectivity index (χ1v) is 37.9. The summed E-state index contributed by atoms with van der Waals surface area (Å²) in [5.74, 6) is 0.175. The number of ether oxygens (including phenoxy) is 4. The first kappa shape index (κ1) is 76.2. The Morgan fingerprint density at radius 3 is 1.15 bits per heavy atom. The standard InChI is InChI=1S/C40H46N4O6S.C30H36N4O5S.C10H12O2/c1-49-36-22-21-34(29-37(36)50-2)51(47,48)44-28-27-43(38(45)20-12-15-31-13-6-3-7-14-31)30-35(44)40(46)42-25-23-41(24-26-42)39(32-16-8-4-9-17-32)33-18-10-5-11-19-33;1-38-27-14-13-25(21-28(27)39-2)40(36,37)34-16-15-31-22-26(34)30(35)33-19-17-32(18-20-33)29(23-9-5-3-6-10-23)24-11-7-4-8-12-24;11-10(12)8-4-7-9-5-2-1-3-6-9/h3-11,13-14,16-19,21-22,29,35,39H,12,15,20,23-28,30H2,1-2H3;3-14,21,26,29,31H,15-20,22H2,1-2H3;1-3,5-6H,4,7-8H2,(H,11,12)/t35-;26-;/m00./s1. The summed E-state index contributed by atoms with van der Waals surface area (Å²) in [5, 5.41) is 11.6. The number of carbonyl (C=O) groups is 4. The molecule has 103 heavy (non-hydrogen) atoms. The number of methoxy groups -OCH3 is 4. The second-order valence-corrected chi connectivity index (χ2v) is 29.4. The molecule has 0 bridgehead atoms. The molecule has 23 heteroatoms. The smallest absolute Gasteiger partial charge is 0.303 e. The fraction of sp³-hybridized carbons (Fsp3) is 0.350. The maximum atomic E-state index is 14.5. The molecular weight excluding hydrogens is 1350 g/mol. The lowest BCUT2D eigenvalue weighted by Crippen LogP contribution is -2.63. The molecule has 12 rings (SSSR count). The Balaban J connectivity index is 0.000000194. The minimum atomic E-state index is -4.15. The molecular formula is C80H94N8O13S2. The number of aliphatic carboxylic acids is 1. The molecule has 0 spiro atoms. The van der Waals surface area contributed by atoms with Crippen LogP contribution < -0.4 is 24.3 Å². The van der Waals surface area contributed by atoms with Crippen molar-refractivity contribution in [3.63, 3.8) is 0 Å². The van der Waals surface area contributed by atoms with Gasteiger partial charge >= 0.3 is 5.97 Å². The van der Waals surface area contributed by atoms with E-state index in [2.05, 4.69) is 87.9 Å². The second kappa shape index (κ2) is 37.1. The molecule has 8 aromatic carbocycles. The summed E-state index contributed by atoms with van der Waals surface area (Å²) >= 11 is 0. The van der Waals surface area contributed by atoms with Gasteiger partial charge in [-0.25, -0.2) is 16.8 Å². The number of carbonyl (C=O) groups excluding carboxylic acids is 3. The molecule has 8 aromatic rings. The van der Waals surface area contributed by atoms with Gasteiger partial charge in [0.05, 0.1) is 50.3 Å². The molecule has 4 fully saturated rings. The van der Waals surface area contributed by atoms with Crippen LogP contribution in [-0.4, -0.2) is 211 Å². The van der Waals surface area contributed by atoms with E-state index in [-0.39, 0.29) is 84.5 Å². The summed E-state index contributed by atoms with van der Waals surface area (Å²) in [7, 11) is -2.20. The lowest BCUT2D eigenvalue weighted by molar-refractivity contribution is -0.143. The highest BCUT2D eigenvalue weighted by Crippen LogP contribution is 2.36. The number of nitrogens with zero attached hydrogens (tertiary/aromatic N) is 7. The minimum absolute atomic E-state index is 0.000953. The number of benzene rings is 8. The van der Waals surface area contributed by atoms with Crippen molar-refractivity contribution < 1.29 is 60.1 Å². The molecule has 544 valence electrons. The van der Waals surface area contributed by atoms with Crippen molar-refractivity contribution in [2.24, 2.45) is 0 Å². The molecule has 21 nitrogen and oxygen atoms in total. The Hall–Kier alpha value is -9.46. The zero-order chi connectivity index (χ0) is 72.7. The molecule has 0 saturated carbocycles. The maximum Gasteiger partial charge on any atom is 0.303 e. The van der Waals surface area contributed by atoms with Crippen molar-refractivity contribution >= 4 is 43.7 Å². The van der Waals surface area contributed by atoms with Gasteiger partial charge < -0.3 is 44.1 Å². The summed E-state index contributed by atoms with van der Waals surface area (Å²) in [6.45, 7) is 5.63. The Bertz CT molecular complexity index is 4180. The van der Waals surface area contributed by atoms with Crippen LogP contribution in [0.4, 0.5) is 0 Å². The van der Waals surface area contributed by atoms with E-state index in [0.717, 1.165) is 24.8 Å². The van der Waals surface area contributed by atoms with Gasteiger partial charge in [-0.15, -0.1) is 0 Å². The van der Waals surface area contributed by atoms with Crippen LogP contribution in [0.3, 0.4) is 0 Å². The second-order valence-electron chi connectivity index (χ2n) is 25.6. The average molecular weight is 1440 g/mol. The van der Waals surface area contributed by atoms with Crippen LogP contribution in [0.15, 0.2) is 228 Å². The molecule has 4 aliphatic heterocycles. The van der Waals surface area contributed by atoms with Crippen LogP contribution in [0.2, 0.25) is 0 Å². The number of sulfonamides is 2. The van der Waals surface area contributed by atoms with E-state index in [1.54, 1.807) is 26.8 Å². The van der Waals surface area contributed by atoms with Crippen molar-refractivity contribution in [3.05, 3.63) is 252 Å². The summed E-state index contributed by atoms with van der Waals surface area (Å²) in [6.07, 6.45) is 3.58. The quantitative estimate of drug-likeness (QED) is 0.0574. The van der Waals surface area contributed by atoms with Gasteiger partial charge in [-0.2, -0.15) is 8.61 Å². The third kappa shape index (κ3) is 19.6. The highest BCUT2D eigenvalue weighted by atomic mass is 32.2. The fourth-order valence-corrected chi connectivity index (χ4v) is 17.0. The number of carboxylic acids is 1. The molecule has 4 heterocycles. The summed E-state index contributed by atoms with van der Waals surface area (Å²) in [6, 6.07) is 68.5. The average Bonchev–Trinajstić information content (AvgIpc) is 0.773. The van der Waals surface area contributed by atoms with Gasteiger partial charge in [0, 0.05) is 117 Å². The van der Waals surface area contributed by atoms with Crippen LogP contribution in [0.5, 0.6) is 23.0 Å². The Morgan fingerprint density at radius 1 is 0.417 bits per heavy atom. The number of rotatable bonds is 24. The monoisotopic (exact) mass is 1440 g/mol. The molecule has 0 aromatic heterocycles. The van der Waals surface area contributed by atoms with E-state index in [1.165, 1.54) is 89.1 Å². The summed E-state index contributed by atoms with van der Waals surface area (Å²) < 4.78 is 79.9. The predicted octanol–water partition coefficient (Wildman–Crippen LogP) is 9.56. The van der Waals surface area contributed by atoms with Crippen molar-refractivity contribution in [1.29, 1.82) is 0 Å². The largest absolute Gasteiger partial charge is 0.493 e. The van der Waals surface area contributed by atoms with Crippen LogP contribution in [0.1, 0.15) is 71.1 Å². The van der Waals surface area contributed by atoms with E-state index in [4.69, 9.17) is 24.1 Å². The van der Waals surface area contributed by atoms with Gasteiger partial charge in [-0.05, 0) is 83.3 Å². The van der Waals surface area contributed by atoms with Gasteiger partial charge in [0.15, 0.2) is 23.0 Å². The van der Waals surface area contributed by atoms with E-state index in [0.29, 0.717) is 89.0 Å². The number of amides is 3. The number of aryl methyl sites for hydroxylation is 2. The molecule has 4 aliphatic rings. The van der Waals surface area contributed by atoms with Gasteiger partial charge in [-0.1, -0.05) is 182 Å². The van der Waals surface area contributed by atoms with Crippen LogP contribution >= 0.6 is 0 Å². The molecule has 0 unspecified atom stereocenters. The number of hydrogen-bond donors (Lipinski definition) is 2. The van der Waals surface area contributed by atoms with Crippen LogP contribution in [0, 0.1) is 0 Å². The topological polar surface area (TPSA) is 228 Å². The maximum absolute atomic E-state index is 14.5. The van der Waals surface area contributed by atoms with Gasteiger partial charge in [-0.3, -0.25) is 29.0 Å². The van der Waals surface area contributed by atoms with E-state index >= 15 is 0 Å². The van der Waals surface area contributed by atoms with Crippen molar-refractivity contribution in [1.82, 2.24) is 38.4 Å². The zero-order valence-electron chi connectivity index (χ0n) is 59.0. The SMILES string of the molecule is COc1ccc(S(=O)(=O)N2CCN(C(=O)CCCc3ccccc3)C[C@H]2C(=O)N2CCN(C(c3ccccc3)c3ccccc3)CC2)cc1OC.COc1ccc(S(=O)(=O)N2CCNC[C@H]2C(=O)N2CCN(C(c3ccccc3)c3ccccc3)CC2)cc1OC.O=C(O)CCCc1ccccc1. The summed E-state index contributed by atoms with van der Waals surface area (Å²) in [5.41, 5.74) is 7.12. The van der Waals surface area contributed by atoms with Crippen LogP contribution in [0.25, 0.3) is 0 Å².